The minimum atomic E-state index is 0.871. The minimum absolute atomic E-state index is 0.871. The molecule has 4 heteroatoms. The summed E-state index contributed by atoms with van der Waals surface area (Å²) in [5.41, 5.74) is 6.77. The molecule has 10 aromatic rings. The van der Waals surface area contributed by atoms with Gasteiger partial charge in [0.15, 0.2) is 0 Å². The van der Waals surface area contributed by atoms with E-state index >= 15 is 0 Å². The van der Waals surface area contributed by atoms with E-state index in [9.17, 15) is 0 Å². The fourth-order valence-electron chi connectivity index (χ4n) is 6.81. The lowest BCUT2D eigenvalue weighted by atomic mass is 10.0. The molecule has 0 atom stereocenters. The quantitative estimate of drug-likeness (QED) is 0.208. The second-order valence-electron chi connectivity index (χ2n) is 11.3. The molecule has 0 saturated carbocycles. The van der Waals surface area contributed by atoms with Crippen molar-refractivity contribution < 1.29 is 8.83 Å². The molecule has 3 nitrogen and oxygen atoms in total. The van der Waals surface area contributed by atoms with Gasteiger partial charge >= 0.3 is 0 Å². The first-order valence-corrected chi connectivity index (χ1v) is 15.6. The number of para-hydroxylation sites is 2. The van der Waals surface area contributed by atoms with E-state index in [-0.39, 0.29) is 0 Å². The first-order valence-electron chi connectivity index (χ1n) is 14.8. The van der Waals surface area contributed by atoms with Crippen molar-refractivity contribution in [2.75, 3.05) is 4.90 Å². The Balaban J connectivity index is 1.26. The molecule has 0 fully saturated rings. The summed E-state index contributed by atoms with van der Waals surface area (Å²) in [5.74, 6) is 0. The van der Waals surface area contributed by atoms with Gasteiger partial charge in [0.2, 0.25) is 0 Å². The summed E-state index contributed by atoms with van der Waals surface area (Å²) >= 11 is 1.84. The maximum atomic E-state index is 6.37. The molecule has 0 aliphatic carbocycles. The Hall–Kier alpha value is -5.58. The highest BCUT2D eigenvalue weighted by Gasteiger charge is 2.20. The third-order valence-corrected chi connectivity index (χ3v) is 9.99. The topological polar surface area (TPSA) is 29.5 Å². The zero-order chi connectivity index (χ0) is 28.8. The monoisotopic (exact) mass is 581 g/mol. The molecule has 7 aromatic carbocycles. The Kier molecular flexibility index (Phi) is 4.87. The van der Waals surface area contributed by atoms with Gasteiger partial charge in [0.1, 0.15) is 22.3 Å². The van der Waals surface area contributed by atoms with Crippen LogP contribution in [0.15, 0.2) is 148 Å². The van der Waals surface area contributed by atoms with E-state index < -0.39 is 0 Å². The molecule has 0 saturated heterocycles. The molecule has 0 unspecified atom stereocenters. The lowest BCUT2D eigenvalue weighted by Gasteiger charge is -2.27. The van der Waals surface area contributed by atoms with Gasteiger partial charge in [0.25, 0.3) is 0 Å². The van der Waals surface area contributed by atoms with Crippen molar-refractivity contribution in [1.82, 2.24) is 0 Å². The Bertz CT molecular complexity index is 2750. The smallest absolute Gasteiger partial charge is 0.137 e. The van der Waals surface area contributed by atoms with Gasteiger partial charge < -0.3 is 13.7 Å². The molecule has 3 aromatic heterocycles. The highest BCUT2D eigenvalue weighted by Crippen LogP contribution is 2.45. The van der Waals surface area contributed by atoms with Crippen molar-refractivity contribution in [1.29, 1.82) is 0 Å². The Morgan fingerprint density at radius 1 is 0.386 bits per heavy atom. The average molecular weight is 582 g/mol. The van der Waals surface area contributed by atoms with Crippen LogP contribution >= 0.6 is 11.3 Å². The summed E-state index contributed by atoms with van der Waals surface area (Å²) in [4.78, 5) is 2.36. The fourth-order valence-corrected chi connectivity index (χ4v) is 7.90. The number of nitrogens with zero attached hydrogens (tertiary/aromatic N) is 1. The predicted octanol–water partition coefficient (Wildman–Crippen LogP) is 12.5. The van der Waals surface area contributed by atoms with Crippen LogP contribution in [0.4, 0.5) is 17.1 Å². The van der Waals surface area contributed by atoms with Crippen LogP contribution in [0.5, 0.6) is 0 Å². The number of thiophene rings is 1. The lowest BCUT2D eigenvalue weighted by molar-refractivity contribution is 0.668. The summed E-state index contributed by atoms with van der Waals surface area (Å²) < 4.78 is 15.3. The molecule has 10 rings (SSSR count). The molecule has 0 radical (unpaired) electrons. The number of benzene rings is 7. The van der Waals surface area contributed by atoms with Gasteiger partial charge in [-0.05, 0) is 72.1 Å². The number of anilines is 3. The maximum absolute atomic E-state index is 6.37. The average Bonchev–Trinajstić information content (AvgIpc) is 3.74. The van der Waals surface area contributed by atoms with Crippen molar-refractivity contribution in [3.8, 4) is 0 Å². The zero-order valence-electron chi connectivity index (χ0n) is 23.5. The van der Waals surface area contributed by atoms with E-state index in [1.807, 2.05) is 35.6 Å². The fraction of sp³-hybridized carbons (Fsp3) is 0. The highest BCUT2D eigenvalue weighted by atomic mass is 32.1. The van der Waals surface area contributed by atoms with Crippen molar-refractivity contribution >= 4 is 103 Å². The van der Waals surface area contributed by atoms with E-state index in [0.717, 1.165) is 66.3 Å². The van der Waals surface area contributed by atoms with Gasteiger partial charge in [0.05, 0.1) is 5.69 Å². The second kappa shape index (κ2) is 8.96. The van der Waals surface area contributed by atoms with Crippen LogP contribution in [-0.4, -0.2) is 0 Å². The van der Waals surface area contributed by atoms with E-state index in [4.69, 9.17) is 8.83 Å². The molecule has 0 aliphatic heterocycles. The predicted molar refractivity (Wildman–Crippen MR) is 186 cm³/mol. The van der Waals surface area contributed by atoms with Crippen LogP contribution in [0.3, 0.4) is 0 Å². The summed E-state index contributed by atoms with van der Waals surface area (Å²) in [5, 5.41) is 9.34. The largest absolute Gasteiger partial charge is 0.456 e. The Labute approximate surface area is 255 Å². The first kappa shape index (κ1) is 23.9. The summed E-state index contributed by atoms with van der Waals surface area (Å²) in [6, 6.07) is 49.5. The van der Waals surface area contributed by atoms with Crippen molar-refractivity contribution in [2.45, 2.75) is 0 Å². The van der Waals surface area contributed by atoms with Crippen LogP contribution in [-0.2, 0) is 0 Å². The van der Waals surface area contributed by atoms with Crippen LogP contribution in [0.2, 0.25) is 0 Å². The summed E-state index contributed by atoms with van der Waals surface area (Å²) in [6.45, 7) is 0. The lowest BCUT2D eigenvalue weighted by Crippen LogP contribution is -2.10. The first-order chi connectivity index (χ1) is 21.8. The van der Waals surface area contributed by atoms with Crippen LogP contribution in [0.1, 0.15) is 0 Å². The van der Waals surface area contributed by atoms with Gasteiger partial charge in [-0.1, -0.05) is 66.7 Å². The zero-order valence-corrected chi connectivity index (χ0v) is 24.3. The molecule has 0 amide bonds. The van der Waals surface area contributed by atoms with E-state index in [0.29, 0.717) is 0 Å². The Morgan fingerprint density at radius 2 is 1.02 bits per heavy atom. The normalized spacial score (nSPS) is 12.1. The molecule has 0 bridgehead atoms. The number of fused-ring (bicyclic) bond motifs is 10. The standard InChI is InChI=1S/C40H23NO2S/c1-4-13-35-27(9-1)29-18-16-26(22-37(29)42-35)41(25-17-19-40-33(21-25)30-11-3-6-15-39(30)44-40)34-12-7-8-24-20-32-28-10-2-5-14-36(28)43-38(32)23-31(24)34/h1-23H. The van der Waals surface area contributed by atoms with E-state index in [1.165, 1.54) is 25.6 Å². The van der Waals surface area contributed by atoms with Gasteiger partial charge in [-0.3, -0.25) is 0 Å². The number of hydrogen-bond acceptors (Lipinski definition) is 4. The summed E-state index contributed by atoms with van der Waals surface area (Å²) in [7, 11) is 0. The third-order valence-electron chi connectivity index (χ3n) is 8.83. The molecule has 0 aliphatic rings. The molecular formula is C40H23NO2S. The SMILES string of the molecule is c1cc(N(c2ccc3c(c2)oc2ccccc23)c2ccc3sc4ccccc4c3c2)c2cc3oc4ccccc4c3cc2c1. The highest BCUT2D eigenvalue weighted by molar-refractivity contribution is 7.25. The van der Waals surface area contributed by atoms with E-state index in [1.54, 1.807) is 0 Å². The molecule has 3 heterocycles. The van der Waals surface area contributed by atoms with Crippen LogP contribution in [0, 0.1) is 0 Å². The van der Waals surface area contributed by atoms with Gasteiger partial charge in [-0.2, -0.15) is 0 Å². The Morgan fingerprint density at radius 3 is 1.86 bits per heavy atom. The van der Waals surface area contributed by atoms with Crippen molar-refractivity contribution in [3.63, 3.8) is 0 Å². The molecule has 206 valence electrons. The molecule has 0 N–H and O–H groups in total. The van der Waals surface area contributed by atoms with Gasteiger partial charge in [0, 0.05) is 64.5 Å². The molecule has 0 spiro atoms. The molecule has 44 heavy (non-hydrogen) atoms. The second-order valence-corrected chi connectivity index (χ2v) is 12.4. The minimum Gasteiger partial charge on any atom is -0.456 e. The van der Waals surface area contributed by atoms with Crippen LogP contribution in [0.25, 0.3) is 74.8 Å². The van der Waals surface area contributed by atoms with Crippen molar-refractivity contribution in [2.24, 2.45) is 0 Å². The van der Waals surface area contributed by atoms with Crippen molar-refractivity contribution in [3.05, 3.63) is 140 Å². The van der Waals surface area contributed by atoms with E-state index in [2.05, 4.69) is 120 Å². The summed E-state index contributed by atoms with van der Waals surface area (Å²) in [6.07, 6.45) is 0. The number of furan rings is 2. The number of rotatable bonds is 3. The molecular weight excluding hydrogens is 559 g/mol. The number of hydrogen-bond donors (Lipinski definition) is 0. The van der Waals surface area contributed by atoms with Crippen LogP contribution < -0.4 is 4.90 Å². The maximum Gasteiger partial charge on any atom is 0.137 e. The third kappa shape index (κ3) is 3.43. The van der Waals surface area contributed by atoms with Gasteiger partial charge in [-0.15, -0.1) is 11.3 Å². The van der Waals surface area contributed by atoms with Gasteiger partial charge in [-0.25, -0.2) is 0 Å².